The van der Waals surface area contributed by atoms with E-state index in [1.807, 2.05) is 6.92 Å². The van der Waals surface area contributed by atoms with Crippen LogP contribution in [-0.4, -0.2) is 44.4 Å². The highest BCUT2D eigenvalue weighted by atomic mass is 32.2. The lowest BCUT2D eigenvalue weighted by Crippen LogP contribution is -2.38. The zero-order valence-electron chi connectivity index (χ0n) is 16.9. The van der Waals surface area contributed by atoms with Gasteiger partial charge < -0.3 is 10.6 Å². The van der Waals surface area contributed by atoms with E-state index in [1.54, 1.807) is 54.6 Å². The van der Waals surface area contributed by atoms with Gasteiger partial charge in [0.2, 0.25) is 15.9 Å². The monoisotopic (exact) mass is 417 g/mol. The van der Waals surface area contributed by atoms with Crippen molar-refractivity contribution < 1.29 is 18.0 Å². The number of carbonyl (C=O) groups excluding carboxylic acids is 2. The van der Waals surface area contributed by atoms with Crippen LogP contribution in [0.4, 0.5) is 5.69 Å². The molecule has 8 heteroatoms. The molecule has 2 amide bonds. The van der Waals surface area contributed by atoms with E-state index >= 15 is 0 Å². The highest BCUT2D eigenvalue weighted by Crippen LogP contribution is 2.25. The standard InChI is InChI=1S/C21H27N3O4S/c1-4-5-15-22-20(25)17-13-9-10-14-18(17)23-21(26)19(24(2)29(3,27)28)16-11-7-6-8-12-16/h6-14,19H,4-5,15H2,1-3H3,(H,22,25)(H,23,26)/t19-/m0/s1. The van der Waals surface area contributed by atoms with E-state index in [4.69, 9.17) is 0 Å². The van der Waals surface area contributed by atoms with Gasteiger partial charge in [-0.05, 0) is 24.1 Å². The number of para-hydroxylation sites is 1. The molecule has 2 aromatic carbocycles. The summed E-state index contributed by atoms with van der Waals surface area (Å²) in [5.74, 6) is -0.833. The van der Waals surface area contributed by atoms with E-state index in [0.29, 0.717) is 23.4 Å². The number of nitrogens with zero attached hydrogens (tertiary/aromatic N) is 1. The van der Waals surface area contributed by atoms with Crippen molar-refractivity contribution in [3.63, 3.8) is 0 Å². The van der Waals surface area contributed by atoms with Crippen molar-refractivity contribution in [3.05, 3.63) is 65.7 Å². The number of benzene rings is 2. The topological polar surface area (TPSA) is 95.6 Å². The van der Waals surface area contributed by atoms with Gasteiger partial charge in [-0.3, -0.25) is 9.59 Å². The summed E-state index contributed by atoms with van der Waals surface area (Å²) in [5.41, 5.74) is 1.18. The number of rotatable bonds is 9. The van der Waals surface area contributed by atoms with Gasteiger partial charge in [0.1, 0.15) is 6.04 Å². The summed E-state index contributed by atoms with van der Waals surface area (Å²) in [5, 5.41) is 5.55. The predicted octanol–water partition coefficient (Wildman–Crippen LogP) is 2.79. The number of hydrogen-bond donors (Lipinski definition) is 2. The molecule has 156 valence electrons. The van der Waals surface area contributed by atoms with Gasteiger partial charge in [-0.1, -0.05) is 55.8 Å². The fourth-order valence-electron chi connectivity index (χ4n) is 2.82. The zero-order chi connectivity index (χ0) is 21.4. The summed E-state index contributed by atoms with van der Waals surface area (Å²) in [6, 6.07) is 14.2. The van der Waals surface area contributed by atoms with Gasteiger partial charge in [-0.25, -0.2) is 8.42 Å². The first kappa shape index (κ1) is 22.6. The molecule has 0 aromatic heterocycles. The summed E-state index contributed by atoms with van der Waals surface area (Å²) in [6.45, 7) is 2.57. The third-order valence-electron chi connectivity index (χ3n) is 4.50. The van der Waals surface area contributed by atoms with E-state index in [-0.39, 0.29) is 5.91 Å². The molecule has 0 aliphatic carbocycles. The smallest absolute Gasteiger partial charge is 0.253 e. The van der Waals surface area contributed by atoms with Crippen LogP contribution in [0.5, 0.6) is 0 Å². The van der Waals surface area contributed by atoms with E-state index < -0.39 is 22.0 Å². The molecule has 0 heterocycles. The van der Waals surface area contributed by atoms with Crippen molar-refractivity contribution in [3.8, 4) is 0 Å². The lowest BCUT2D eigenvalue weighted by Gasteiger charge is -2.26. The maximum absolute atomic E-state index is 13.1. The maximum Gasteiger partial charge on any atom is 0.253 e. The van der Waals surface area contributed by atoms with Crippen LogP contribution in [0.2, 0.25) is 0 Å². The zero-order valence-corrected chi connectivity index (χ0v) is 17.7. The van der Waals surface area contributed by atoms with Crippen LogP contribution in [0.15, 0.2) is 54.6 Å². The third kappa shape index (κ3) is 6.13. The fourth-order valence-corrected chi connectivity index (χ4v) is 3.42. The molecule has 2 aromatic rings. The van der Waals surface area contributed by atoms with Gasteiger partial charge in [0, 0.05) is 13.6 Å². The van der Waals surface area contributed by atoms with Gasteiger partial charge in [-0.2, -0.15) is 4.31 Å². The number of carbonyl (C=O) groups is 2. The number of nitrogens with one attached hydrogen (secondary N) is 2. The molecule has 0 saturated carbocycles. The molecule has 0 aliphatic heterocycles. The first-order chi connectivity index (χ1) is 13.8. The van der Waals surface area contributed by atoms with Crippen LogP contribution in [0, 0.1) is 0 Å². The van der Waals surface area contributed by atoms with Gasteiger partial charge in [-0.15, -0.1) is 0 Å². The van der Waals surface area contributed by atoms with Gasteiger partial charge in [0.25, 0.3) is 5.91 Å². The number of unbranched alkanes of at least 4 members (excludes halogenated alkanes) is 1. The molecule has 29 heavy (non-hydrogen) atoms. The molecule has 7 nitrogen and oxygen atoms in total. The largest absolute Gasteiger partial charge is 0.352 e. The molecular formula is C21H27N3O4S. The Labute approximate surface area is 172 Å². The fraction of sp³-hybridized carbons (Fsp3) is 0.333. The molecule has 0 fully saturated rings. The molecule has 0 spiro atoms. The van der Waals surface area contributed by atoms with E-state index in [1.165, 1.54) is 7.05 Å². The van der Waals surface area contributed by atoms with Crippen LogP contribution in [0.3, 0.4) is 0 Å². The maximum atomic E-state index is 13.1. The van der Waals surface area contributed by atoms with Crippen molar-refractivity contribution in [1.29, 1.82) is 0 Å². The Morgan fingerprint density at radius 1 is 1.03 bits per heavy atom. The van der Waals surface area contributed by atoms with Crippen LogP contribution in [-0.2, 0) is 14.8 Å². The van der Waals surface area contributed by atoms with Gasteiger partial charge in [0.15, 0.2) is 0 Å². The second-order valence-corrected chi connectivity index (χ2v) is 8.78. The quantitative estimate of drug-likeness (QED) is 0.613. The highest BCUT2D eigenvalue weighted by Gasteiger charge is 2.31. The third-order valence-corrected chi connectivity index (χ3v) is 5.75. The number of amides is 2. The highest BCUT2D eigenvalue weighted by molar-refractivity contribution is 7.88. The normalized spacial score (nSPS) is 12.4. The van der Waals surface area contributed by atoms with E-state index in [2.05, 4.69) is 10.6 Å². The van der Waals surface area contributed by atoms with Crippen molar-refractivity contribution in [1.82, 2.24) is 9.62 Å². The molecule has 0 bridgehead atoms. The molecule has 0 saturated heterocycles. The number of hydrogen-bond acceptors (Lipinski definition) is 4. The number of anilines is 1. The minimum atomic E-state index is -3.64. The Balaban J connectivity index is 2.32. The average Bonchev–Trinajstić information content (AvgIpc) is 2.68. The van der Waals surface area contributed by atoms with Crippen LogP contribution >= 0.6 is 0 Å². The molecular weight excluding hydrogens is 390 g/mol. The van der Waals surface area contributed by atoms with Crippen molar-refractivity contribution in [2.75, 3.05) is 25.2 Å². The summed E-state index contributed by atoms with van der Waals surface area (Å²) in [4.78, 5) is 25.6. The second kappa shape index (κ2) is 10.2. The van der Waals surface area contributed by atoms with Crippen LogP contribution in [0.1, 0.15) is 41.7 Å². The SMILES string of the molecule is CCCCNC(=O)c1ccccc1NC(=O)[C@H](c1ccccc1)N(C)S(C)(=O)=O. The Morgan fingerprint density at radius 3 is 2.28 bits per heavy atom. The predicted molar refractivity (Wildman–Crippen MR) is 114 cm³/mol. The minimum absolute atomic E-state index is 0.290. The van der Waals surface area contributed by atoms with Crippen LogP contribution in [0.25, 0.3) is 0 Å². The first-order valence-corrected chi connectivity index (χ1v) is 11.3. The Kier molecular flexibility index (Phi) is 7.92. The molecule has 0 aliphatic rings. The molecule has 0 unspecified atom stereocenters. The van der Waals surface area contributed by atoms with E-state index in [9.17, 15) is 18.0 Å². The Morgan fingerprint density at radius 2 is 1.66 bits per heavy atom. The number of likely N-dealkylation sites (N-methyl/N-ethyl adjacent to an activating group) is 1. The lowest BCUT2D eigenvalue weighted by atomic mass is 10.1. The summed E-state index contributed by atoms with van der Waals surface area (Å²) in [7, 11) is -2.28. The summed E-state index contributed by atoms with van der Waals surface area (Å²) >= 11 is 0. The van der Waals surface area contributed by atoms with Crippen molar-refractivity contribution in [2.24, 2.45) is 0 Å². The molecule has 0 radical (unpaired) electrons. The average molecular weight is 418 g/mol. The van der Waals surface area contributed by atoms with Gasteiger partial charge in [0.05, 0.1) is 17.5 Å². The van der Waals surface area contributed by atoms with Crippen molar-refractivity contribution in [2.45, 2.75) is 25.8 Å². The minimum Gasteiger partial charge on any atom is -0.352 e. The number of sulfonamides is 1. The summed E-state index contributed by atoms with van der Waals surface area (Å²) in [6.07, 6.45) is 2.86. The Bertz CT molecular complexity index is 945. The van der Waals surface area contributed by atoms with Crippen LogP contribution < -0.4 is 10.6 Å². The molecule has 1 atom stereocenters. The first-order valence-electron chi connectivity index (χ1n) is 9.41. The molecule has 2 N–H and O–H groups in total. The second-order valence-electron chi connectivity index (χ2n) is 6.74. The molecule has 2 rings (SSSR count). The Hall–Kier alpha value is -2.71. The van der Waals surface area contributed by atoms with Gasteiger partial charge >= 0.3 is 0 Å². The summed E-state index contributed by atoms with van der Waals surface area (Å²) < 4.78 is 25.2. The van der Waals surface area contributed by atoms with E-state index in [0.717, 1.165) is 23.4 Å². The van der Waals surface area contributed by atoms with Crippen molar-refractivity contribution >= 4 is 27.5 Å². The lowest BCUT2D eigenvalue weighted by molar-refractivity contribution is -0.119.